The van der Waals surface area contributed by atoms with Crippen LogP contribution in [-0.4, -0.2) is 18.6 Å². The average Bonchev–Trinajstić information content (AvgIpc) is 2.76. The highest BCUT2D eigenvalue weighted by molar-refractivity contribution is 7.92. The summed E-state index contributed by atoms with van der Waals surface area (Å²) in [6.07, 6.45) is 0. The first-order chi connectivity index (χ1) is 9.31. The molecule has 108 valence electrons. The van der Waals surface area contributed by atoms with Crippen molar-refractivity contribution in [1.82, 2.24) is 10.1 Å². The van der Waals surface area contributed by atoms with E-state index in [2.05, 4.69) is 10.1 Å². The third-order valence-electron chi connectivity index (χ3n) is 2.35. The molecule has 0 atom stereocenters. The molecule has 1 aromatic heterocycles. The van der Waals surface area contributed by atoms with Crippen LogP contribution in [0.1, 0.15) is 25.7 Å². The van der Waals surface area contributed by atoms with Gasteiger partial charge < -0.3 is 4.52 Å². The van der Waals surface area contributed by atoms with Gasteiger partial charge in [0.1, 0.15) is 11.6 Å². The number of hydrogen-bond donors (Lipinski definition) is 1. The minimum atomic E-state index is -4.47. The normalized spacial score (nSPS) is 11.8. The van der Waals surface area contributed by atoms with Crippen LogP contribution in [0.25, 0.3) is 0 Å². The van der Waals surface area contributed by atoms with Crippen LogP contribution in [0, 0.1) is 11.6 Å². The maximum atomic E-state index is 13.5. The fourth-order valence-electron chi connectivity index (χ4n) is 1.42. The summed E-state index contributed by atoms with van der Waals surface area (Å²) in [5, 5.41) is 3.39. The first-order valence-corrected chi connectivity index (χ1v) is 7.10. The minimum Gasteiger partial charge on any atom is -0.337 e. The number of sulfonamides is 1. The summed E-state index contributed by atoms with van der Waals surface area (Å²) in [6, 6.07) is 2.75. The van der Waals surface area contributed by atoms with Gasteiger partial charge in [-0.2, -0.15) is 4.98 Å². The molecule has 0 amide bonds. The first kappa shape index (κ1) is 14.4. The van der Waals surface area contributed by atoms with E-state index in [0.29, 0.717) is 0 Å². The Kier molecular flexibility index (Phi) is 3.71. The molecule has 0 bridgehead atoms. The summed E-state index contributed by atoms with van der Waals surface area (Å²) in [7, 11) is -4.47. The van der Waals surface area contributed by atoms with E-state index in [1.54, 1.807) is 13.8 Å². The Bertz CT molecular complexity index is 708. The van der Waals surface area contributed by atoms with Crippen LogP contribution in [0.15, 0.2) is 27.6 Å². The first-order valence-electron chi connectivity index (χ1n) is 5.61. The van der Waals surface area contributed by atoms with Crippen molar-refractivity contribution in [1.29, 1.82) is 0 Å². The zero-order valence-corrected chi connectivity index (χ0v) is 11.4. The molecule has 0 saturated heterocycles. The molecule has 0 radical (unpaired) electrons. The standard InChI is InChI=1S/C11H11F2N3O3S/c1-6(2)10-14-11(15-19-10)16-20(17,18)9-7(12)4-3-5-8(9)13/h3-6H,1-2H3,(H,15,16). The number of benzene rings is 1. The van der Waals surface area contributed by atoms with Crippen LogP contribution >= 0.6 is 0 Å². The number of nitrogens with one attached hydrogen (secondary N) is 1. The van der Waals surface area contributed by atoms with Gasteiger partial charge >= 0.3 is 0 Å². The predicted octanol–water partition coefficient (Wildman–Crippen LogP) is 2.27. The largest absolute Gasteiger partial charge is 0.337 e. The molecule has 6 nitrogen and oxygen atoms in total. The maximum absolute atomic E-state index is 13.5. The quantitative estimate of drug-likeness (QED) is 0.936. The van der Waals surface area contributed by atoms with Gasteiger partial charge in [-0.15, -0.1) is 0 Å². The fraction of sp³-hybridized carbons (Fsp3) is 0.273. The average molecular weight is 303 g/mol. The zero-order chi connectivity index (χ0) is 14.9. The summed E-state index contributed by atoms with van der Waals surface area (Å²) < 4.78 is 57.4. The van der Waals surface area contributed by atoms with Crippen LogP contribution in [-0.2, 0) is 10.0 Å². The number of aromatic nitrogens is 2. The molecule has 2 aromatic rings. The Hall–Kier alpha value is -2.03. The molecule has 0 fully saturated rings. The number of rotatable bonds is 4. The second-order valence-electron chi connectivity index (χ2n) is 4.27. The molecule has 0 spiro atoms. The third-order valence-corrected chi connectivity index (χ3v) is 3.73. The molecule has 0 saturated carbocycles. The molecule has 1 aromatic carbocycles. The second kappa shape index (κ2) is 5.16. The lowest BCUT2D eigenvalue weighted by molar-refractivity contribution is 0.366. The van der Waals surface area contributed by atoms with E-state index in [9.17, 15) is 17.2 Å². The predicted molar refractivity (Wildman–Crippen MR) is 65.6 cm³/mol. The van der Waals surface area contributed by atoms with Gasteiger partial charge in [-0.1, -0.05) is 19.9 Å². The molecule has 9 heteroatoms. The molecule has 20 heavy (non-hydrogen) atoms. The van der Waals surface area contributed by atoms with Gasteiger partial charge in [0, 0.05) is 5.92 Å². The number of halogens is 2. The molecule has 1 heterocycles. The monoisotopic (exact) mass is 303 g/mol. The highest BCUT2D eigenvalue weighted by Crippen LogP contribution is 2.21. The summed E-state index contributed by atoms with van der Waals surface area (Å²) >= 11 is 0. The molecular formula is C11H11F2N3O3S. The van der Waals surface area contributed by atoms with Gasteiger partial charge in [-0.05, 0) is 17.3 Å². The van der Waals surface area contributed by atoms with Crippen molar-refractivity contribution in [2.45, 2.75) is 24.7 Å². The second-order valence-corrected chi connectivity index (χ2v) is 5.89. The third kappa shape index (κ3) is 2.77. The van der Waals surface area contributed by atoms with Gasteiger partial charge in [0.2, 0.25) is 5.89 Å². The van der Waals surface area contributed by atoms with E-state index in [1.165, 1.54) is 0 Å². The van der Waals surface area contributed by atoms with Gasteiger partial charge in [-0.3, -0.25) is 0 Å². The minimum absolute atomic E-state index is 0.106. The summed E-state index contributed by atoms with van der Waals surface area (Å²) in [5.41, 5.74) is 0. The number of hydrogen-bond acceptors (Lipinski definition) is 5. The summed E-state index contributed by atoms with van der Waals surface area (Å²) in [5.74, 6) is -2.69. The van der Waals surface area contributed by atoms with Crippen LogP contribution < -0.4 is 4.72 Å². The van der Waals surface area contributed by atoms with Gasteiger partial charge in [0.05, 0.1) is 0 Å². The van der Waals surface area contributed by atoms with Crippen molar-refractivity contribution < 1.29 is 21.7 Å². The lowest BCUT2D eigenvalue weighted by Gasteiger charge is -2.06. The van der Waals surface area contributed by atoms with Crippen molar-refractivity contribution in [3.63, 3.8) is 0 Å². The van der Waals surface area contributed by atoms with Crippen molar-refractivity contribution >= 4 is 16.0 Å². The van der Waals surface area contributed by atoms with E-state index in [0.717, 1.165) is 18.2 Å². The lowest BCUT2D eigenvalue weighted by atomic mass is 10.2. The van der Waals surface area contributed by atoms with E-state index in [1.807, 2.05) is 4.72 Å². The topological polar surface area (TPSA) is 85.1 Å². The lowest BCUT2D eigenvalue weighted by Crippen LogP contribution is -2.17. The molecule has 0 aliphatic carbocycles. The van der Waals surface area contributed by atoms with Crippen molar-refractivity contribution in [2.75, 3.05) is 4.72 Å². The highest BCUT2D eigenvalue weighted by atomic mass is 32.2. The molecule has 0 aliphatic rings. The smallest absolute Gasteiger partial charge is 0.277 e. The SMILES string of the molecule is CC(C)c1nc(NS(=O)(=O)c2c(F)cccc2F)no1. The van der Waals surface area contributed by atoms with Gasteiger partial charge in [0.15, 0.2) is 4.90 Å². The summed E-state index contributed by atoms with van der Waals surface area (Å²) in [6.45, 7) is 3.53. The molecule has 0 aliphatic heterocycles. The number of nitrogens with zero attached hydrogens (tertiary/aromatic N) is 2. The van der Waals surface area contributed by atoms with Crippen LogP contribution in [0.4, 0.5) is 14.7 Å². The van der Waals surface area contributed by atoms with Crippen molar-refractivity contribution in [3.8, 4) is 0 Å². The Morgan fingerprint density at radius 3 is 2.35 bits per heavy atom. The Balaban J connectivity index is 2.36. The van der Waals surface area contributed by atoms with E-state index < -0.39 is 26.6 Å². The summed E-state index contributed by atoms with van der Waals surface area (Å²) in [4.78, 5) is 2.68. The van der Waals surface area contributed by atoms with Crippen molar-refractivity contribution in [2.24, 2.45) is 0 Å². The van der Waals surface area contributed by atoms with Crippen LogP contribution in [0.5, 0.6) is 0 Å². The highest BCUT2D eigenvalue weighted by Gasteiger charge is 2.25. The Morgan fingerprint density at radius 2 is 1.85 bits per heavy atom. The van der Waals surface area contributed by atoms with E-state index >= 15 is 0 Å². The molecule has 2 rings (SSSR count). The Morgan fingerprint density at radius 1 is 1.25 bits per heavy atom. The van der Waals surface area contributed by atoms with Crippen LogP contribution in [0.3, 0.4) is 0 Å². The fourth-order valence-corrected chi connectivity index (χ4v) is 2.50. The van der Waals surface area contributed by atoms with Crippen molar-refractivity contribution in [3.05, 3.63) is 35.7 Å². The molecular weight excluding hydrogens is 292 g/mol. The molecule has 1 N–H and O–H groups in total. The maximum Gasteiger partial charge on any atom is 0.277 e. The Labute approximate surface area is 113 Å². The van der Waals surface area contributed by atoms with Crippen LogP contribution in [0.2, 0.25) is 0 Å². The molecule has 0 unspecified atom stereocenters. The van der Waals surface area contributed by atoms with E-state index in [4.69, 9.17) is 4.52 Å². The van der Waals surface area contributed by atoms with Gasteiger partial charge in [-0.25, -0.2) is 21.9 Å². The van der Waals surface area contributed by atoms with Gasteiger partial charge in [0.25, 0.3) is 16.0 Å². The van der Waals surface area contributed by atoms with E-state index in [-0.39, 0.29) is 17.8 Å². The zero-order valence-electron chi connectivity index (χ0n) is 10.6. The number of anilines is 1.